The average Bonchev–Trinajstić information content (AvgIpc) is 2.78. The second kappa shape index (κ2) is 10.2. The Labute approximate surface area is 192 Å². The van der Waals surface area contributed by atoms with Crippen LogP contribution in [0.3, 0.4) is 0 Å². The molecule has 1 aromatic heterocycles. The molecule has 0 saturated heterocycles. The Balaban J connectivity index is 2.31. The van der Waals surface area contributed by atoms with Crippen LogP contribution < -0.4 is 21.1 Å². The highest BCUT2D eigenvalue weighted by Crippen LogP contribution is 2.33. The summed E-state index contributed by atoms with van der Waals surface area (Å²) >= 11 is 0. The van der Waals surface area contributed by atoms with Gasteiger partial charge in [0.05, 0.1) is 18.4 Å². The van der Waals surface area contributed by atoms with Gasteiger partial charge in [-0.3, -0.25) is 5.41 Å². The van der Waals surface area contributed by atoms with Crippen LogP contribution in [0.25, 0.3) is 11.4 Å². The topological polar surface area (TPSA) is 129 Å². The van der Waals surface area contributed by atoms with E-state index in [-0.39, 0.29) is 18.3 Å². The van der Waals surface area contributed by atoms with Gasteiger partial charge in [-0.15, -0.1) is 0 Å². The van der Waals surface area contributed by atoms with E-state index in [2.05, 4.69) is 15.6 Å². The Kier molecular flexibility index (Phi) is 7.32. The highest BCUT2D eigenvalue weighted by Gasteiger charge is 2.22. The fraction of sp³-hybridized carbons (Fsp3) is 0.292. The van der Waals surface area contributed by atoms with Crippen LogP contribution >= 0.6 is 0 Å². The van der Waals surface area contributed by atoms with Gasteiger partial charge in [-0.05, 0) is 51.1 Å². The highest BCUT2D eigenvalue weighted by atomic mass is 19.1. The van der Waals surface area contributed by atoms with Crippen LogP contribution in [0.4, 0.5) is 10.2 Å². The maximum atomic E-state index is 14.2. The molecule has 1 aromatic carbocycles. The normalized spacial score (nSPS) is 19.3. The number of ether oxygens (including phenoxy) is 2. The number of pyridine rings is 1. The summed E-state index contributed by atoms with van der Waals surface area (Å²) in [7, 11) is 1.43. The highest BCUT2D eigenvalue weighted by molar-refractivity contribution is 6.00. The van der Waals surface area contributed by atoms with E-state index in [1.54, 1.807) is 38.3 Å². The average molecular weight is 453 g/mol. The SMILES string of the molecule is CCN/C1=C(\C(=N)OC)CN/C(=C\C(C)=N)c2ccc(F)cc2[C@@H](C)Oc2cc1cnc2N. The third-order valence-electron chi connectivity index (χ3n) is 5.17. The number of methoxy groups -OCH3 is 1. The zero-order chi connectivity index (χ0) is 24.1. The number of hydrogen-bond acceptors (Lipinski definition) is 8. The molecule has 0 aliphatic carbocycles. The van der Waals surface area contributed by atoms with E-state index in [9.17, 15) is 4.39 Å². The number of nitrogen functional groups attached to an aromatic ring is 1. The lowest BCUT2D eigenvalue weighted by Crippen LogP contribution is -2.27. The summed E-state index contributed by atoms with van der Waals surface area (Å²) in [6.45, 7) is 6.21. The van der Waals surface area contributed by atoms with Gasteiger partial charge in [-0.2, -0.15) is 0 Å². The van der Waals surface area contributed by atoms with Gasteiger partial charge in [-0.25, -0.2) is 9.37 Å². The van der Waals surface area contributed by atoms with Crippen LogP contribution in [0.15, 0.2) is 42.1 Å². The van der Waals surface area contributed by atoms with E-state index >= 15 is 0 Å². The second-order valence-electron chi connectivity index (χ2n) is 7.61. The van der Waals surface area contributed by atoms with E-state index < -0.39 is 11.9 Å². The van der Waals surface area contributed by atoms with Crippen molar-refractivity contribution in [2.24, 2.45) is 0 Å². The maximum Gasteiger partial charge on any atom is 0.212 e. The van der Waals surface area contributed by atoms with Gasteiger partial charge in [-0.1, -0.05) is 0 Å². The summed E-state index contributed by atoms with van der Waals surface area (Å²) in [6, 6.07) is 6.16. The third kappa shape index (κ3) is 5.31. The minimum Gasteiger partial charge on any atom is -0.482 e. The van der Waals surface area contributed by atoms with Crippen LogP contribution in [0, 0.1) is 16.6 Å². The van der Waals surface area contributed by atoms with Crippen molar-refractivity contribution in [1.29, 1.82) is 10.8 Å². The lowest BCUT2D eigenvalue weighted by atomic mass is 9.98. The number of hydrogen-bond donors (Lipinski definition) is 5. The zero-order valence-electron chi connectivity index (χ0n) is 19.2. The van der Waals surface area contributed by atoms with Crippen molar-refractivity contribution < 1.29 is 13.9 Å². The quantitative estimate of drug-likeness (QED) is 0.354. The Hall–Kier alpha value is -3.88. The maximum absolute atomic E-state index is 14.2. The minimum atomic E-state index is -0.561. The van der Waals surface area contributed by atoms with Crippen LogP contribution in [0.2, 0.25) is 0 Å². The first kappa shape index (κ1) is 23.8. The van der Waals surface area contributed by atoms with Crippen molar-refractivity contribution >= 4 is 28.8 Å². The molecule has 0 saturated carbocycles. The fourth-order valence-electron chi connectivity index (χ4n) is 3.64. The van der Waals surface area contributed by atoms with Crippen molar-refractivity contribution in [3.63, 3.8) is 0 Å². The Morgan fingerprint density at radius 3 is 2.82 bits per heavy atom. The molecule has 174 valence electrons. The van der Waals surface area contributed by atoms with Gasteiger partial charge in [0.2, 0.25) is 5.90 Å². The van der Waals surface area contributed by atoms with Crippen LogP contribution in [0.1, 0.15) is 43.6 Å². The van der Waals surface area contributed by atoms with E-state index in [4.69, 9.17) is 26.0 Å². The van der Waals surface area contributed by atoms with Gasteiger partial charge < -0.3 is 31.3 Å². The summed E-state index contributed by atoms with van der Waals surface area (Å²) in [5.41, 5.74) is 10.1. The zero-order valence-corrected chi connectivity index (χ0v) is 19.2. The summed E-state index contributed by atoms with van der Waals surface area (Å²) in [5, 5.41) is 23.0. The number of nitrogens with zero attached hydrogens (tertiary/aromatic N) is 1. The number of nitrogens with one attached hydrogen (secondary N) is 4. The largest absolute Gasteiger partial charge is 0.482 e. The summed E-state index contributed by atoms with van der Waals surface area (Å²) in [5.74, 6) is 0.104. The van der Waals surface area contributed by atoms with E-state index in [1.165, 1.54) is 19.2 Å². The molecule has 0 fully saturated rings. The predicted octanol–water partition coefficient (Wildman–Crippen LogP) is 3.87. The summed E-state index contributed by atoms with van der Waals surface area (Å²) in [6.07, 6.45) is 2.70. The van der Waals surface area contributed by atoms with Gasteiger partial charge in [0.25, 0.3) is 0 Å². The molecular formula is C24H29FN6O2. The van der Waals surface area contributed by atoms with E-state index in [0.717, 1.165) is 0 Å². The molecule has 0 amide bonds. The number of halogens is 1. The molecule has 6 N–H and O–H groups in total. The Morgan fingerprint density at radius 2 is 2.15 bits per heavy atom. The molecule has 3 rings (SSSR count). The molecule has 1 atom stereocenters. The van der Waals surface area contributed by atoms with E-state index in [1.807, 2.05) is 6.92 Å². The van der Waals surface area contributed by atoms with Gasteiger partial charge in [0.15, 0.2) is 11.6 Å². The fourth-order valence-corrected chi connectivity index (χ4v) is 3.64. The van der Waals surface area contributed by atoms with Crippen molar-refractivity contribution in [2.45, 2.75) is 26.9 Å². The first-order valence-corrected chi connectivity index (χ1v) is 10.6. The van der Waals surface area contributed by atoms with Crippen LogP contribution in [-0.2, 0) is 4.74 Å². The third-order valence-corrected chi connectivity index (χ3v) is 5.17. The van der Waals surface area contributed by atoms with Gasteiger partial charge in [0, 0.05) is 47.4 Å². The molecule has 33 heavy (non-hydrogen) atoms. The second-order valence-corrected chi connectivity index (χ2v) is 7.61. The Morgan fingerprint density at radius 1 is 1.39 bits per heavy atom. The molecule has 1 aliphatic rings. The molecular weight excluding hydrogens is 423 g/mol. The number of aromatic nitrogens is 1. The van der Waals surface area contributed by atoms with Gasteiger partial charge >= 0.3 is 0 Å². The summed E-state index contributed by atoms with van der Waals surface area (Å²) < 4.78 is 25.6. The minimum absolute atomic E-state index is 0.0339. The first-order chi connectivity index (χ1) is 15.7. The number of anilines is 1. The molecule has 1 aliphatic heterocycles. The Bertz CT molecular complexity index is 1140. The number of benzene rings is 1. The molecule has 2 bridgehead atoms. The molecule has 9 heteroatoms. The molecule has 2 heterocycles. The molecule has 8 nitrogen and oxygen atoms in total. The number of fused-ring (bicyclic) bond motifs is 3. The standard InChI is InChI=1S/C24H29FN6O2/c1-5-29-22-15-9-21(23(27)31-11-15)33-14(3)18-10-16(25)6-7-17(18)20(8-13(2)26)30-12-19(22)24(28)32-4/h6-11,14,26,28-30H,5,12H2,1-4H3,(H2,27,31)/b20-8-,22-19-,26-13?,28-24?/t14-/m1/s1. The van der Waals surface area contributed by atoms with Crippen molar-refractivity contribution in [3.8, 4) is 5.75 Å². The van der Waals surface area contributed by atoms with Crippen molar-refractivity contribution in [3.05, 3.63) is 64.6 Å². The monoisotopic (exact) mass is 452 g/mol. The molecule has 0 spiro atoms. The molecule has 0 radical (unpaired) electrons. The van der Waals surface area contributed by atoms with E-state index in [0.29, 0.717) is 51.7 Å². The first-order valence-electron chi connectivity index (χ1n) is 10.6. The van der Waals surface area contributed by atoms with Crippen LogP contribution in [0.5, 0.6) is 5.75 Å². The predicted molar refractivity (Wildman–Crippen MR) is 129 cm³/mol. The van der Waals surface area contributed by atoms with Crippen molar-refractivity contribution in [1.82, 2.24) is 15.6 Å². The smallest absolute Gasteiger partial charge is 0.212 e. The summed E-state index contributed by atoms with van der Waals surface area (Å²) in [4.78, 5) is 4.28. The van der Waals surface area contributed by atoms with Crippen LogP contribution in [-0.4, -0.2) is 36.8 Å². The molecule has 0 unspecified atom stereocenters. The van der Waals surface area contributed by atoms with Crippen molar-refractivity contribution in [2.75, 3.05) is 25.9 Å². The van der Waals surface area contributed by atoms with Gasteiger partial charge in [0.1, 0.15) is 11.9 Å². The lowest BCUT2D eigenvalue weighted by Gasteiger charge is -2.25. The number of allylic oxidation sites excluding steroid dienone is 1. The number of nitrogens with two attached hydrogens (primary N) is 1. The lowest BCUT2D eigenvalue weighted by molar-refractivity contribution is 0.226. The molecule has 2 aromatic rings. The number of rotatable bonds is 4.